The normalized spacial score (nSPS) is 12.5. The van der Waals surface area contributed by atoms with Crippen molar-refractivity contribution in [3.8, 4) is 0 Å². The van der Waals surface area contributed by atoms with Gasteiger partial charge in [0.1, 0.15) is 0 Å². The van der Waals surface area contributed by atoms with Gasteiger partial charge in [0.25, 0.3) is 0 Å². The van der Waals surface area contributed by atoms with Crippen molar-refractivity contribution in [2.45, 2.75) is 6.92 Å². The summed E-state index contributed by atoms with van der Waals surface area (Å²) < 4.78 is 23.5. The number of hydrogen-bond acceptors (Lipinski definition) is 2. The monoisotopic (exact) mass is 187 g/mol. The summed E-state index contributed by atoms with van der Waals surface area (Å²) in [6, 6.07) is 0. The highest BCUT2D eigenvalue weighted by Crippen LogP contribution is 1.90. The first kappa shape index (κ1) is 11.0. The van der Waals surface area contributed by atoms with Gasteiger partial charge in [0.05, 0.1) is 6.26 Å². The summed E-state index contributed by atoms with van der Waals surface area (Å²) >= 11 is 0. The Morgan fingerprint density at radius 3 is 2.42 bits per heavy atom. The molecule has 0 aromatic rings. The average Bonchev–Trinajstić information content (AvgIpc) is 1.84. The molecule has 0 rings (SSSR count). The molecule has 0 aliphatic carbocycles. The molecule has 0 saturated heterocycles. The second-order valence-electron chi connectivity index (χ2n) is 2.28. The maximum atomic E-state index is 10.7. The van der Waals surface area contributed by atoms with Crippen molar-refractivity contribution < 1.29 is 8.42 Å². The van der Waals surface area contributed by atoms with Crippen LogP contribution >= 0.6 is 0 Å². The second kappa shape index (κ2) is 4.77. The Bertz CT molecular complexity index is 299. The summed E-state index contributed by atoms with van der Waals surface area (Å²) in [6.45, 7) is 5.37. The summed E-state index contributed by atoms with van der Waals surface area (Å²) in [6.07, 6.45) is 8.00. The predicted molar refractivity (Wildman–Crippen MR) is 51.1 cm³/mol. The Kier molecular flexibility index (Phi) is 4.36. The molecule has 0 atom stereocenters. The SMILES string of the molecule is C=C(/C=C\C=C/C)NS(C)(=O)=O. The van der Waals surface area contributed by atoms with Gasteiger partial charge in [-0.2, -0.15) is 0 Å². The zero-order valence-electron chi connectivity index (χ0n) is 7.24. The third kappa shape index (κ3) is 7.08. The molecule has 0 unspecified atom stereocenters. The molecule has 0 saturated carbocycles. The molecule has 0 aliphatic rings. The van der Waals surface area contributed by atoms with E-state index in [-0.39, 0.29) is 0 Å². The van der Waals surface area contributed by atoms with Crippen LogP contribution in [0.15, 0.2) is 36.6 Å². The Morgan fingerprint density at radius 2 is 2.00 bits per heavy atom. The van der Waals surface area contributed by atoms with Crippen LogP contribution in [0.2, 0.25) is 0 Å². The van der Waals surface area contributed by atoms with E-state index >= 15 is 0 Å². The highest BCUT2D eigenvalue weighted by molar-refractivity contribution is 7.88. The average molecular weight is 187 g/mol. The van der Waals surface area contributed by atoms with Gasteiger partial charge in [0, 0.05) is 5.70 Å². The number of hydrogen-bond donors (Lipinski definition) is 1. The lowest BCUT2D eigenvalue weighted by Gasteiger charge is -2.00. The minimum absolute atomic E-state index is 0.357. The van der Waals surface area contributed by atoms with Crippen molar-refractivity contribution in [1.29, 1.82) is 0 Å². The van der Waals surface area contributed by atoms with Crippen molar-refractivity contribution in [2.24, 2.45) is 0 Å². The van der Waals surface area contributed by atoms with Gasteiger partial charge in [-0.1, -0.05) is 24.8 Å². The quantitative estimate of drug-likeness (QED) is 0.672. The summed E-state index contributed by atoms with van der Waals surface area (Å²) in [5.41, 5.74) is 0.357. The maximum Gasteiger partial charge on any atom is 0.229 e. The predicted octanol–water partition coefficient (Wildman–Crippen LogP) is 1.18. The zero-order valence-corrected chi connectivity index (χ0v) is 8.06. The molecule has 68 valence electrons. The van der Waals surface area contributed by atoms with Crippen molar-refractivity contribution in [1.82, 2.24) is 4.72 Å². The van der Waals surface area contributed by atoms with Crippen molar-refractivity contribution >= 4 is 10.0 Å². The molecule has 0 aliphatic heterocycles. The summed E-state index contributed by atoms with van der Waals surface area (Å²) in [5, 5.41) is 0. The lowest BCUT2D eigenvalue weighted by molar-refractivity contribution is 0.595. The fourth-order valence-electron chi connectivity index (χ4n) is 0.555. The first-order valence-electron chi connectivity index (χ1n) is 3.42. The minimum Gasteiger partial charge on any atom is -0.284 e. The van der Waals surface area contributed by atoms with Crippen LogP contribution in [-0.4, -0.2) is 14.7 Å². The summed E-state index contributed by atoms with van der Waals surface area (Å²) in [7, 11) is -3.19. The van der Waals surface area contributed by atoms with Crippen LogP contribution in [0.5, 0.6) is 0 Å². The van der Waals surface area contributed by atoms with Crippen LogP contribution in [0, 0.1) is 0 Å². The van der Waals surface area contributed by atoms with Gasteiger partial charge in [-0.25, -0.2) is 8.42 Å². The Hall–Kier alpha value is -1.03. The molecule has 12 heavy (non-hydrogen) atoms. The van der Waals surface area contributed by atoms with E-state index in [1.807, 2.05) is 13.0 Å². The van der Waals surface area contributed by atoms with Crippen LogP contribution < -0.4 is 4.72 Å². The van der Waals surface area contributed by atoms with E-state index in [1.165, 1.54) is 0 Å². The van der Waals surface area contributed by atoms with Crippen molar-refractivity contribution in [3.63, 3.8) is 0 Å². The van der Waals surface area contributed by atoms with Gasteiger partial charge >= 0.3 is 0 Å². The van der Waals surface area contributed by atoms with Crippen LogP contribution in [0.4, 0.5) is 0 Å². The van der Waals surface area contributed by atoms with E-state index in [9.17, 15) is 8.42 Å². The smallest absolute Gasteiger partial charge is 0.229 e. The van der Waals surface area contributed by atoms with Crippen molar-refractivity contribution in [2.75, 3.05) is 6.26 Å². The molecule has 0 radical (unpaired) electrons. The summed E-state index contributed by atoms with van der Waals surface area (Å²) in [5.74, 6) is 0. The largest absolute Gasteiger partial charge is 0.284 e. The van der Waals surface area contributed by atoms with Gasteiger partial charge < -0.3 is 0 Å². The second-order valence-corrected chi connectivity index (χ2v) is 4.03. The maximum absolute atomic E-state index is 10.7. The molecule has 3 nitrogen and oxygen atoms in total. The van der Waals surface area contributed by atoms with Gasteiger partial charge in [-0.05, 0) is 13.0 Å². The molecule has 0 fully saturated rings. The number of sulfonamides is 1. The van der Waals surface area contributed by atoms with Crippen molar-refractivity contribution in [3.05, 3.63) is 36.6 Å². The van der Waals surface area contributed by atoms with E-state index < -0.39 is 10.0 Å². The lowest BCUT2D eigenvalue weighted by atomic mass is 10.4. The van der Waals surface area contributed by atoms with E-state index in [1.54, 1.807) is 18.2 Å². The Balaban J connectivity index is 4.09. The molecule has 0 aromatic heterocycles. The molecule has 0 amide bonds. The van der Waals surface area contributed by atoms with Gasteiger partial charge in [0.15, 0.2) is 0 Å². The van der Waals surface area contributed by atoms with Gasteiger partial charge in [-0.3, -0.25) is 4.72 Å². The molecule has 4 heteroatoms. The van der Waals surface area contributed by atoms with Crippen LogP contribution in [0.1, 0.15) is 6.92 Å². The Morgan fingerprint density at radius 1 is 1.42 bits per heavy atom. The third-order valence-corrected chi connectivity index (χ3v) is 1.55. The third-order valence-electron chi connectivity index (χ3n) is 0.917. The number of nitrogens with one attached hydrogen (secondary N) is 1. The van der Waals surface area contributed by atoms with E-state index in [4.69, 9.17) is 0 Å². The standard InChI is InChI=1S/C8H13NO2S/c1-4-5-6-7-8(2)9-12(3,10)11/h4-7,9H,2H2,1,3H3/b5-4-,7-6-. The lowest BCUT2D eigenvalue weighted by Crippen LogP contribution is -2.19. The van der Waals surface area contributed by atoms with E-state index in [0.29, 0.717) is 5.70 Å². The van der Waals surface area contributed by atoms with Crippen LogP contribution in [0.3, 0.4) is 0 Å². The molecular weight excluding hydrogens is 174 g/mol. The topological polar surface area (TPSA) is 46.2 Å². The molecule has 1 N–H and O–H groups in total. The molecule has 0 aromatic carbocycles. The zero-order chi connectivity index (χ0) is 9.61. The number of allylic oxidation sites excluding steroid dienone is 4. The van der Waals surface area contributed by atoms with E-state index in [2.05, 4.69) is 11.3 Å². The first-order chi connectivity index (χ1) is 5.45. The number of rotatable bonds is 4. The molecule has 0 heterocycles. The fourth-order valence-corrected chi connectivity index (χ4v) is 1.10. The summed E-state index contributed by atoms with van der Waals surface area (Å²) in [4.78, 5) is 0. The Labute approximate surface area is 73.5 Å². The highest BCUT2D eigenvalue weighted by Gasteiger charge is 1.97. The fraction of sp³-hybridized carbons (Fsp3) is 0.250. The van der Waals surface area contributed by atoms with Crippen LogP contribution in [0.25, 0.3) is 0 Å². The van der Waals surface area contributed by atoms with Gasteiger partial charge in [-0.15, -0.1) is 0 Å². The highest BCUT2D eigenvalue weighted by atomic mass is 32.2. The minimum atomic E-state index is -3.19. The van der Waals surface area contributed by atoms with Gasteiger partial charge in [0.2, 0.25) is 10.0 Å². The van der Waals surface area contributed by atoms with Crippen LogP contribution in [-0.2, 0) is 10.0 Å². The first-order valence-corrected chi connectivity index (χ1v) is 5.31. The van der Waals surface area contributed by atoms with E-state index in [0.717, 1.165) is 6.26 Å². The molecule has 0 spiro atoms. The molecular formula is C8H13NO2S. The molecule has 0 bridgehead atoms.